The molecule has 0 unspecified atom stereocenters. The molecular weight excluding hydrogens is 278 g/mol. The average Bonchev–Trinajstić information content (AvgIpc) is 2.94. The Bertz CT molecular complexity index is 631. The molecule has 0 N–H and O–H groups in total. The van der Waals surface area contributed by atoms with E-state index in [0.29, 0.717) is 10.8 Å². The molecule has 2 aromatic rings. The molecule has 0 fully saturated rings. The molecule has 3 nitrogen and oxygen atoms in total. The van der Waals surface area contributed by atoms with Crippen LogP contribution in [-0.2, 0) is 10.0 Å². The monoisotopic (exact) mass is 293 g/mol. The van der Waals surface area contributed by atoms with Gasteiger partial charge in [-0.2, -0.15) is 4.31 Å². The third-order valence-electron chi connectivity index (χ3n) is 2.63. The summed E-state index contributed by atoms with van der Waals surface area (Å²) in [5, 5.41) is 1.76. The molecular formula is C14H15NO2S2. The highest BCUT2D eigenvalue weighted by atomic mass is 32.2. The summed E-state index contributed by atoms with van der Waals surface area (Å²) >= 11 is 1.23. The van der Waals surface area contributed by atoms with Gasteiger partial charge in [-0.25, -0.2) is 8.42 Å². The first-order valence-electron chi connectivity index (χ1n) is 5.82. The summed E-state index contributed by atoms with van der Waals surface area (Å²) in [6.45, 7) is 0.356. The van der Waals surface area contributed by atoms with Gasteiger partial charge >= 0.3 is 0 Å². The van der Waals surface area contributed by atoms with Gasteiger partial charge in [-0.3, -0.25) is 0 Å². The highest BCUT2D eigenvalue weighted by Gasteiger charge is 2.20. The summed E-state index contributed by atoms with van der Waals surface area (Å²) in [6, 6.07) is 13.2. The number of hydrogen-bond acceptors (Lipinski definition) is 3. The van der Waals surface area contributed by atoms with E-state index in [1.54, 1.807) is 24.6 Å². The number of sulfonamides is 1. The molecule has 5 heteroatoms. The lowest BCUT2D eigenvalue weighted by Gasteiger charge is -2.13. The summed E-state index contributed by atoms with van der Waals surface area (Å²) in [4.78, 5) is 0. The second kappa shape index (κ2) is 6.14. The lowest BCUT2D eigenvalue weighted by atomic mass is 10.2. The Morgan fingerprint density at radius 3 is 2.53 bits per heavy atom. The summed E-state index contributed by atoms with van der Waals surface area (Å²) in [5.41, 5.74) is 1.06. The predicted molar refractivity (Wildman–Crippen MR) is 79.6 cm³/mol. The summed E-state index contributed by atoms with van der Waals surface area (Å²) in [7, 11) is -1.76. The Hall–Kier alpha value is -1.43. The SMILES string of the molecule is CN(C/C=C/c1ccccc1)S(=O)(=O)c1cccs1. The van der Waals surface area contributed by atoms with Gasteiger partial charge in [0.2, 0.25) is 0 Å². The highest BCUT2D eigenvalue weighted by molar-refractivity contribution is 7.91. The summed E-state index contributed by atoms with van der Waals surface area (Å²) < 4.78 is 26.0. The maximum atomic E-state index is 12.1. The minimum absolute atomic E-state index is 0.356. The maximum Gasteiger partial charge on any atom is 0.252 e. The number of likely N-dealkylation sites (N-methyl/N-ethyl adjacent to an activating group) is 1. The van der Waals surface area contributed by atoms with Crippen LogP contribution >= 0.6 is 11.3 Å². The van der Waals surface area contributed by atoms with Gasteiger partial charge < -0.3 is 0 Å². The Morgan fingerprint density at radius 2 is 1.89 bits per heavy atom. The standard InChI is InChI=1S/C14H15NO2S2/c1-15(19(16,17)14-10-6-12-18-14)11-5-9-13-7-3-2-4-8-13/h2-10,12H,11H2,1H3/b9-5+. The zero-order valence-electron chi connectivity index (χ0n) is 10.6. The molecule has 0 radical (unpaired) electrons. The molecule has 100 valence electrons. The summed E-state index contributed by atoms with van der Waals surface area (Å²) in [6.07, 6.45) is 3.76. The molecule has 0 atom stereocenters. The third kappa shape index (κ3) is 3.53. The van der Waals surface area contributed by atoms with Crippen molar-refractivity contribution >= 4 is 27.4 Å². The number of nitrogens with zero attached hydrogens (tertiary/aromatic N) is 1. The van der Waals surface area contributed by atoms with Gasteiger partial charge in [0.25, 0.3) is 10.0 Å². The van der Waals surface area contributed by atoms with Crippen LogP contribution in [-0.4, -0.2) is 26.3 Å². The molecule has 0 aliphatic rings. The van der Waals surface area contributed by atoms with Gasteiger partial charge in [-0.1, -0.05) is 48.6 Å². The van der Waals surface area contributed by atoms with Crippen LogP contribution in [0, 0.1) is 0 Å². The smallest absolute Gasteiger partial charge is 0.206 e. The van der Waals surface area contributed by atoms with Gasteiger partial charge in [-0.05, 0) is 17.0 Å². The zero-order chi connectivity index (χ0) is 13.7. The van der Waals surface area contributed by atoms with Crippen molar-refractivity contribution in [2.75, 3.05) is 13.6 Å². The van der Waals surface area contributed by atoms with E-state index in [4.69, 9.17) is 0 Å². The fourth-order valence-electron chi connectivity index (χ4n) is 1.56. The van der Waals surface area contributed by atoms with Gasteiger partial charge in [0, 0.05) is 13.6 Å². The van der Waals surface area contributed by atoms with Crippen molar-refractivity contribution in [2.45, 2.75) is 4.21 Å². The molecule has 1 aromatic carbocycles. The first-order chi connectivity index (χ1) is 9.10. The van der Waals surface area contributed by atoms with E-state index in [1.165, 1.54) is 15.6 Å². The van der Waals surface area contributed by atoms with Crippen molar-refractivity contribution in [1.29, 1.82) is 0 Å². The Kier molecular flexibility index (Phi) is 4.52. The number of rotatable bonds is 5. The van der Waals surface area contributed by atoms with Crippen molar-refractivity contribution in [3.63, 3.8) is 0 Å². The van der Waals surface area contributed by atoms with Crippen molar-refractivity contribution in [3.8, 4) is 0 Å². The second-order valence-electron chi connectivity index (χ2n) is 4.03. The van der Waals surface area contributed by atoms with Gasteiger partial charge in [-0.15, -0.1) is 11.3 Å². The quantitative estimate of drug-likeness (QED) is 0.849. The number of thiophene rings is 1. The van der Waals surface area contributed by atoms with Gasteiger partial charge in [0.05, 0.1) is 0 Å². The van der Waals surface area contributed by atoms with Crippen LogP contribution in [0.25, 0.3) is 6.08 Å². The number of benzene rings is 1. The predicted octanol–water partition coefficient (Wildman–Crippen LogP) is 3.08. The van der Waals surface area contributed by atoms with E-state index in [0.717, 1.165) is 5.56 Å². The molecule has 0 spiro atoms. The topological polar surface area (TPSA) is 37.4 Å². The van der Waals surface area contributed by atoms with Crippen LogP contribution in [0.4, 0.5) is 0 Å². The van der Waals surface area contributed by atoms with Crippen molar-refractivity contribution in [2.24, 2.45) is 0 Å². The van der Waals surface area contributed by atoms with E-state index in [9.17, 15) is 8.42 Å². The number of hydrogen-bond donors (Lipinski definition) is 0. The first kappa shape index (κ1) is 14.0. The normalized spacial score (nSPS) is 12.3. The Morgan fingerprint density at radius 1 is 1.16 bits per heavy atom. The van der Waals surface area contributed by atoms with Crippen LogP contribution in [0.1, 0.15) is 5.56 Å². The van der Waals surface area contributed by atoms with Crippen molar-refractivity contribution < 1.29 is 8.42 Å². The van der Waals surface area contributed by atoms with Crippen molar-refractivity contribution in [1.82, 2.24) is 4.31 Å². The van der Waals surface area contributed by atoms with Crippen LogP contribution in [0.2, 0.25) is 0 Å². The van der Waals surface area contributed by atoms with Gasteiger partial charge in [0.15, 0.2) is 0 Å². The molecule has 0 saturated carbocycles. The molecule has 0 bridgehead atoms. The largest absolute Gasteiger partial charge is 0.252 e. The molecule has 19 heavy (non-hydrogen) atoms. The van der Waals surface area contributed by atoms with Crippen LogP contribution in [0.3, 0.4) is 0 Å². The summed E-state index contributed by atoms with van der Waals surface area (Å²) in [5.74, 6) is 0. The first-order valence-corrected chi connectivity index (χ1v) is 8.14. The maximum absolute atomic E-state index is 12.1. The highest BCUT2D eigenvalue weighted by Crippen LogP contribution is 2.19. The Balaban J connectivity index is 2.02. The molecule has 0 amide bonds. The fourth-order valence-corrected chi connectivity index (χ4v) is 3.89. The van der Waals surface area contributed by atoms with E-state index in [1.807, 2.05) is 42.5 Å². The fraction of sp³-hybridized carbons (Fsp3) is 0.143. The Labute approximate surface area is 117 Å². The van der Waals surface area contributed by atoms with E-state index < -0.39 is 10.0 Å². The lowest BCUT2D eigenvalue weighted by molar-refractivity contribution is 0.501. The van der Waals surface area contributed by atoms with Crippen LogP contribution in [0.15, 0.2) is 58.1 Å². The van der Waals surface area contributed by atoms with Crippen LogP contribution in [0.5, 0.6) is 0 Å². The van der Waals surface area contributed by atoms with E-state index >= 15 is 0 Å². The van der Waals surface area contributed by atoms with E-state index in [2.05, 4.69) is 0 Å². The second-order valence-corrected chi connectivity index (χ2v) is 7.25. The zero-order valence-corrected chi connectivity index (χ0v) is 12.2. The molecule has 1 heterocycles. The molecule has 0 saturated heterocycles. The van der Waals surface area contributed by atoms with Gasteiger partial charge in [0.1, 0.15) is 4.21 Å². The van der Waals surface area contributed by atoms with Crippen molar-refractivity contribution in [3.05, 3.63) is 59.5 Å². The minimum Gasteiger partial charge on any atom is -0.206 e. The minimum atomic E-state index is -3.35. The third-order valence-corrected chi connectivity index (χ3v) is 5.83. The molecule has 1 aromatic heterocycles. The average molecular weight is 293 g/mol. The van der Waals surface area contributed by atoms with E-state index in [-0.39, 0.29) is 0 Å². The van der Waals surface area contributed by atoms with Crippen LogP contribution < -0.4 is 0 Å². The molecule has 2 rings (SSSR count). The molecule has 0 aliphatic carbocycles. The molecule has 0 aliphatic heterocycles. The lowest BCUT2D eigenvalue weighted by Crippen LogP contribution is -2.26.